The molecule has 6 nitrogen and oxygen atoms in total. The highest BCUT2D eigenvalue weighted by molar-refractivity contribution is 6.07. The highest BCUT2D eigenvalue weighted by atomic mass is 19.2. The van der Waals surface area contributed by atoms with Crippen molar-refractivity contribution in [3.63, 3.8) is 0 Å². The van der Waals surface area contributed by atoms with Gasteiger partial charge in [0.1, 0.15) is 0 Å². The predicted octanol–water partition coefficient (Wildman–Crippen LogP) is 6.81. The first-order valence-electron chi connectivity index (χ1n) is 12.9. The Bertz CT molecular complexity index is 1950. The van der Waals surface area contributed by atoms with E-state index in [2.05, 4.69) is 16.5 Å². The summed E-state index contributed by atoms with van der Waals surface area (Å²) in [5.74, 6) is -3.35. The van der Waals surface area contributed by atoms with Crippen molar-refractivity contribution in [1.82, 2.24) is 15.1 Å². The number of amides is 1. The minimum atomic E-state index is -1.03. The molecule has 0 spiro atoms. The Kier molecular flexibility index (Phi) is 6.73. The zero-order chi connectivity index (χ0) is 28.5. The average Bonchev–Trinajstić information content (AvgIpc) is 3.39. The molecule has 202 valence electrons. The van der Waals surface area contributed by atoms with E-state index < -0.39 is 17.6 Å². The lowest BCUT2D eigenvalue weighted by Crippen LogP contribution is -2.24. The predicted molar refractivity (Wildman–Crippen MR) is 153 cm³/mol. The van der Waals surface area contributed by atoms with Gasteiger partial charge in [-0.25, -0.2) is 13.6 Å². The zero-order valence-corrected chi connectivity index (χ0v) is 21.6. The molecule has 0 aliphatic rings. The Morgan fingerprint density at radius 3 is 2.27 bits per heavy atom. The van der Waals surface area contributed by atoms with Crippen molar-refractivity contribution in [1.29, 1.82) is 0 Å². The van der Waals surface area contributed by atoms with Crippen LogP contribution < -0.4 is 5.32 Å². The molecule has 0 atom stereocenters. The summed E-state index contributed by atoms with van der Waals surface area (Å²) >= 11 is 0. The molecule has 1 heterocycles. The first kappa shape index (κ1) is 25.9. The second kappa shape index (κ2) is 10.7. The highest BCUT2D eigenvalue weighted by Crippen LogP contribution is 2.30. The number of carbonyl (C=O) groups excluding carboxylic acids is 1. The number of fused-ring (bicyclic) bond motifs is 2. The summed E-state index contributed by atoms with van der Waals surface area (Å²) in [6.45, 7) is 0.574. The number of carboxylic acids is 1. The molecule has 6 aromatic rings. The minimum Gasteiger partial charge on any atom is -0.478 e. The zero-order valence-electron chi connectivity index (χ0n) is 21.6. The molecule has 2 N–H and O–H groups in total. The molecule has 0 radical (unpaired) electrons. The number of halogens is 2. The summed E-state index contributed by atoms with van der Waals surface area (Å²) in [5, 5.41) is 19.5. The average molecular weight is 548 g/mol. The molecule has 0 aliphatic heterocycles. The SMILES string of the molecule is O=C(O)c1ccc(CNC(=O)c2cc(-c3ccc(F)c(F)c3)cc3cnn(Cc4ccc5ccccc5c4)c23)cc1. The fourth-order valence-corrected chi connectivity index (χ4v) is 4.92. The molecule has 0 aliphatic carbocycles. The number of carboxylic acid groups (broad SMARTS) is 1. The Morgan fingerprint density at radius 1 is 0.756 bits per heavy atom. The van der Waals surface area contributed by atoms with E-state index in [4.69, 9.17) is 5.11 Å². The fourth-order valence-electron chi connectivity index (χ4n) is 4.92. The molecule has 0 saturated heterocycles. The third kappa shape index (κ3) is 5.27. The summed E-state index contributed by atoms with van der Waals surface area (Å²) in [4.78, 5) is 24.8. The summed E-state index contributed by atoms with van der Waals surface area (Å²) in [7, 11) is 0. The van der Waals surface area contributed by atoms with Crippen LogP contribution >= 0.6 is 0 Å². The van der Waals surface area contributed by atoms with E-state index >= 15 is 0 Å². The number of hydrogen-bond acceptors (Lipinski definition) is 3. The quantitative estimate of drug-likeness (QED) is 0.230. The molecule has 0 unspecified atom stereocenters. The number of nitrogens with zero attached hydrogens (tertiary/aromatic N) is 2. The number of benzene rings is 5. The van der Waals surface area contributed by atoms with Gasteiger partial charge < -0.3 is 10.4 Å². The maximum absolute atomic E-state index is 14.1. The van der Waals surface area contributed by atoms with E-state index in [0.29, 0.717) is 34.1 Å². The Morgan fingerprint density at radius 2 is 1.51 bits per heavy atom. The number of aromatic carboxylic acids is 1. The Balaban J connectivity index is 1.38. The van der Waals surface area contributed by atoms with Crippen LogP contribution in [0.25, 0.3) is 32.8 Å². The van der Waals surface area contributed by atoms with E-state index in [1.54, 1.807) is 35.1 Å². The largest absolute Gasteiger partial charge is 0.478 e. The number of rotatable bonds is 7. The first-order chi connectivity index (χ1) is 19.9. The first-order valence-corrected chi connectivity index (χ1v) is 12.9. The molecule has 0 bridgehead atoms. The van der Waals surface area contributed by atoms with Crippen molar-refractivity contribution < 1.29 is 23.5 Å². The Labute approximate surface area is 233 Å². The smallest absolute Gasteiger partial charge is 0.335 e. The van der Waals surface area contributed by atoms with Crippen molar-refractivity contribution in [3.8, 4) is 11.1 Å². The van der Waals surface area contributed by atoms with Crippen LogP contribution in [0.2, 0.25) is 0 Å². The lowest BCUT2D eigenvalue weighted by Gasteiger charge is -2.13. The summed E-state index contributed by atoms with van der Waals surface area (Å²) < 4.78 is 29.5. The number of carbonyl (C=O) groups is 2. The summed E-state index contributed by atoms with van der Waals surface area (Å²) in [5.41, 5.74) is 3.76. The van der Waals surface area contributed by atoms with Gasteiger partial charge in [-0.3, -0.25) is 9.48 Å². The molecule has 0 saturated carbocycles. The van der Waals surface area contributed by atoms with E-state index in [9.17, 15) is 18.4 Å². The molecule has 8 heteroatoms. The third-order valence-corrected chi connectivity index (χ3v) is 7.03. The molecule has 6 rings (SSSR count). The molecule has 41 heavy (non-hydrogen) atoms. The Hall–Kier alpha value is -5.37. The fraction of sp³-hybridized carbons (Fsp3) is 0.0606. The van der Waals surface area contributed by atoms with Crippen LogP contribution in [0.15, 0.2) is 103 Å². The van der Waals surface area contributed by atoms with Crippen LogP contribution in [0.5, 0.6) is 0 Å². The van der Waals surface area contributed by atoms with Crippen molar-refractivity contribution in [3.05, 3.63) is 137 Å². The van der Waals surface area contributed by atoms with Crippen LogP contribution in [-0.2, 0) is 13.1 Å². The summed E-state index contributed by atoms with van der Waals surface area (Å²) in [6.07, 6.45) is 1.65. The lowest BCUT2D eigenvalue weighted by atomic mass is 9.99. The monoisotopic (exact) mass is 547 g/mol. The van der Waals surface area contributed by atoms with Gasteiger partial charge in [0, 0.05) is 11.9 Å². The molecular formula is C33H23F2N3O3. The summed E-state index contributed by atoms with van der Waals surface area (Å²) in [6, 6.07) is 27.5. The molecule has 5 aromatic carbocycles. The van der Waals surface area contributed by atoms with Gasteiger partial charge in [0.25, 0.3) is 5.91 Å². The van der Waals surface area contributed by atoms with Gasteiger partial charge in [0.05, 0.1) is 29.4 Å². The van der Waals surface area contributed by atoms with Gasteiger partial charge in [-0.05, 0) is 75.5 Å². The van der Waals surface area contributed by atoms with Crippen LogP contribution in [0.4, 0.5) is 8.78 Å². The van der Waals surface area contributed by atoms with Crippen LogP contribution in [0.3, 0.4) is 0 Å². The lowest BCUT2D eigenvalue weighted by molar-refractivity contribution is 0.0696. The van der Waals surface area contributed by atoms with E-state index in [-0.39, 0.29) is 18.0 Å². The van der Waals surface area contributed by atoms with Crippen LogP contribution in [0, 0.1) is 11.6 Å². The van der Waals surface area contributed by atoms with Crippen LogP contribution in [-0.4, -0.2) is 26.8 Å². The van der Waals surface area contributed by atoms with E-state index in [0.717, 1.165) is 34.0 Å². The third-order valence-electron chi connectivity index (χ3n) is 7.03. The topological polar surface area (TPSA) is 84.2 Å². The van der Waals surface area contributed by atoms with Crippen molar-refractivity contribution in [2.45, 2.75) is 13.1 Å². The van der Waals surface area contributed by atoms with E-state index in [1.165, 1.54) is 18.2 Å². The highest BCUT2D eigenvalue weighted by Gasteiger charge is 2.18. The van der Waals surface area contributed by atoms with Gasteiger partial charge in [-0.2, -0.15) is 5.10 Å². The maximum atomic E-state index is 14.1. The van der Waals surface area contributed by atoms with Crippen molar-refractivity contribution >= 4 is 33.6 Å². The second-order valence-corrected chi connectivity index (χ2v) is 9.76. The van der Waals surface area contributed by atoms with Gasteiger partial charge in [0.15, 0.2) is 11.6 Å². The normalized spacial score (nSPS) is 11.2. The standard InChI is InChI=1S/C33H23F2N3O3/c34-29-12-11-25(16-30(29)35)26-14-27-18-37-38(19-21-7-8-22-3-1-2-4-24(22)13-21)31(27)28(15-26)32(39)36-17-20-5-9-23(10-6-20)33(40)41/h1-16,18H,17,19H2,(H,36,39)(H,40,41). The van der Waals surface area contributed by atoms with Gasteiger partial charge >= 0.3 is 5.97 Å². The molecule has 0 fully saturated rings. The van der Waals surface area contributed by atoms with Gasteiger partial charge in [0.2, 0.25) is 0 Å². The number of aromatic nitrogens is 2. The van der Waals surface area contributed by atoms with Crippen molar-refractivity contribution in [2.24, 2.45) is 0 Å². The molecule has 1 amide bonds. The second-order valence-electron chi connectivity index (χ2n) is 9.76. The molecular weight excluding hydrogens is 524 g/mol. The number of nitrogens with one attached hydrogen (secondary N) is 1. The molecule has 1 aromatic heterocycles. The number of hydrogen-bond donors (Lipinski definition) is 2. The van der Waals surface area contributed by atoms with Crippen molar-refractivity contribution in [2.75, 3.05) is 0 Å². The van der Waals surface area contributed by atoms with Gasteiger partial charge in [-0.15, -0.1) is 0 Å². The maximum Gasteiger partial charge on any atom is 0.335 e. The minimum absolute atomic E-state index is 0.151. The van der Waals surface area contributed by atoms with Crippen LogP contribution in [0.1, 0.15) is 31.8 Å². The van der Waals surface area contributed by atoms with Gasteiger partial charge in [-0.1, -0.05) is 54.6 Å². The van der Waals surface area contributed by atoms with E-state index in [1.807, 2.05) is 36.4 Å².